The maximum absolute atomic E-state index is 5.65. The van der Waals surface area contributed by atoms with E-state index in [0.717, 1.165) is 11.2 Å². The topological polar surface area (TPSA) is 52.8 Å². The Kier molecular flexibility index (Phi) is 3.56. The molecule has 0 amide bonds. The van der Waals surface area contributed by atoms with Crippen LogP contribution in [0.25, 0.3) is 22.6 Å². The Bertz CT molecular complexity index is 750. The highest BCUT2D eigenvalue weighted by Gasteiger charge is 2.16. The number of aromatic nitrogens is 4. The highest BCUT2D eigenvalue weighted by Crippen LogP contribution is 2.27. The van der Waals surface area contributed by atoms with Gasteiger partial charge in [0, 0.05) is 11.6 Å². The molecule has 5 heteroatoms. The second-order valence-corrected chi connectivity index (χ2v) is 5.07. The molecule has 0 fully saturated rings. The Morgan fingerprint density at radius 1 is 1.14 bits per heavy atom. The van der Waals surface area contributed by atoms with Crippen molar-refractivity contribution in [2.45, 2.75) is 26.8 Å². The fourth-order valence-corrected chi connectivity index (χ4v) is 2.22. The quantitative estimate of drug-likeness (QED) is 0.735. The Labute approximate surface area is 123 Å². The van der Waals surface area contributed by atoms with Crippen LogP contribution in [0.15, 0.2) is 36.7 Å². The van der Waals surface area contributed by atoms with Crippen molar-refractivity contribution >= 4 is 11.2 Å². The first-order chi connectivity index (χ1) is 10.2. The van der Waals surface area contributed by atoms with Gasteiger partial charge in [-0.25, -0.2) is 9.97 Å². The predicted octanol–water partition coefficient (Wildman–Crippen LogP) is 3.47. The molecule has 0 saturated carbocycles. The minimum absolute atomic E-state index is 0.281. The van der Waals surface area contributed by atoms with Gasteiger partial charge in [0.1, 0.15) is 0 Å². The van der Waals surface area contributed by atoms with E-state index in [-0.39, 0.29) is 6.04 Å². The van der Waals surface area contributed by atoms with Crippen LogP contribution in [0.2, 0.25) is 0 Å². The van der Waals surface area contributed by atoms with E-state index in [1.807, 2.05) is 41.8 Å². The molecular formula is C16H18N4O. The fourth-order valence-electron chi connectivity index (χ4n) is 2.22. The lowest BCUT2D eigenvalue weighted by molar-refractivity contribution is 0.330. The van der Waals surface area contributed by atoms with Gasteiger partial charge in [0.2, 0.25) is 5.88 Å². The smallest absolute Gasteiger partial charge is 0.246 e. The molecule has 0 N–H and O–H groups in total. The molecule has 0 unspecified atom stereocenters. The lowest BCUT2D eigenvalue weighted by Gasteiger charge is -2.10. The minimum Gasteiger partial charge on any atom is -0.476 e. The highest BCUT2D eigenvalue weighted by atomic mass is 16.5. The average Bonchev–Trinajstić information content (AvgIpc) is 2.92. The summed E-state index contributed by atoms with van der Waals surface area (Å²) >= 11 is 0. The molecule has 2 heterocycles. The van der Waals surface area contributed by atoms with Crippen molar-refractivity contribution in [3.63, 3.8) is 0 Å². The Balaban J connectivity index is 2.24. The second kappa shape index (κ2) is 5.52. The fraction of sp³-hybridized carbons (Fsp3) is 0.312. The Morgan fingerprint density at radius 3 is 2.57 bits per heavy atom. The molecule has 108 valence electrons. The average molecular weight is 282 g/mol. The van der Waals surface area contributed by atoms with Crippen LogP contribution in [0.3, 0.4) is 0 Å². The summed E-state index contributed by atoms with van der Waals surface area (Å²) < 4.78 is 7.68. The van der Waals surface area contributed by atoms with Gasteiger partial charge in [0.15, 0.2) is 17.0 Å². The van der Waals surface area contributed by atoms with E-state index in [1.54, 1.807) is 6.33 Å². The second-order valence-electron chi connectivity index (χ2n) is 5.07. The third kappa shape index (κ3) is 2.46. The van der Waals surface area contributed by atoms with Crippen molar-refractivity contribution in [3.05, 3.63) is 36.7 Å². The van der Waals surface area contributed by atoms with Crippen LogP contribution in [0.4, 0.5) is 0 Å². The third-order valence-electron chi connectivity index (χ3n) is 3.26. The zero-order valence-electron chi connectivity index (χ0n) is 12.4. The first-order valence-electron chi connectivity index (χ1n) is 7.13. The Morgan fingerprint density at radius 2 is 1.90 bits per heavy atom. The molecule has 21 heavy (non-hydrogen) atoms. The van der Waals surface area contributed by atoms with Crippen molar-refractivity contribution in [1.29, 1.82) is 0 Å². The van der Waals surface area contributed by atoms with Crippen LogP contribution < -0.4 is 4.74 Å². The van der Waals surface area contributed by atoms with Crippen molar-refractivity contribution in [2.24, 2.45) is 0 Å². The zero-order chi connectivity index (χ0) is 14.8. The molecule has 3 aromatic rings. The minimum atomic E-state index is 0.281. The third-order valence-corrected chi connectivity index (χ3v) is 3.26. The van der Waals surface area contributed by atoms with E-state index in [0.29, 0.717) is 23.8 Å². The van der Waals surface area contributed by atoms with Gasteiger partial charge in [-0.15, -0.1) is 0 Å². The van der Waals surface area contributed by atoms with Gasteiger partial charge in [0.25, 0.3) is 0 Å². The van der Waals surface area contributed by atoms with E-state index in [9.17, 15) is 0 Å². The molecule has 5 nitrogen and oxygen atoms in total. The van der Waals surface area contributed by atoms with E-state index < -0.39 is 0 Å². The summed E-state index contributed by atoms with van der Waals surface area (Å²) in [6.45, 7) is 6.70. The van der Waals surface area contributed by atoms with E-state index in [1.165, 1.54) is 0 Å². The van der Waals surface area contributed by atoms with Crippen molar-refractivity contribution in [2.75, 3.05) is 6.61 Å². The number of benzene rings is 1. The molecular weight excluding hydrogens is 264 g/mol. The van der Waals surface area contributed by atoms with Crippen LogP contribution in [0, 0.1) is 0 Å². The lowest BCUT2D eigenvalue weighted by Crippen LogP contribution is -2.03. The van der Waals surface area contributed by atoms with Gasteiger partial charge < -0.3 is 9.30 Å². The zero-order valence-corrected chi connectivity index (χ0v) is 12.4. The molecule has 0 spiro atoms. The molecule has 0 atom stereocenters. The molecule has 0 aliphatic heterocycles. The number of nitrogens with zero attached hydrogens (tertiary/aromatic N) is 4. The molecule has 3 rings (SSSR count). The van der Waals surface area contributed by atoms with Crippen LogP contribution in [0.1, 0.15) is 26.8 Å². The SMILES string of the molecule is CCOc1nc(-c2ccccc2)nc2c1ncn2C(C)C. The normalized spacial score (nSPS) is 11.2. The van der Waals surface area contributed by atoms with Gasteiger partial charge in [0.05, 0.1) is 12.9 Å². The molecule has 0 radical (unpaired) electrons. The predicted molar refractivity (Wildman–Crippen MR) is 82.3 cm³/mol. The molecule has 1 aromatic carbocycles. The van der Waals surface area contributed by atoms with E-state index >= 15 is 0 Å². The summed E-state index contributed by atoms with van der Waals surface area (Å²) in [5, 5.41) is 0. The number of rotatable bonds is 4. The number of hydrogen-bond acceptors (Lipinski definition) is 4. The first kappa shape index (κ1) is 13.5. The van der Waals surface area contributed by atoms with Crippen LogP contribution in [-0.2, 0) is 0 Å². The highest BCUT2D eigenvalue weighted by molar-refractivity contribution is 5.79. The van der Waals surface area contributed by atoms with Crippen LogP contribution in [0.5, 0.6) is 5.88 Å². The first-order valence-corrected chi connectivity index (χ1v) is 7.13. The van der Waals surface area contributed by atoms with Gasteiger partial charge in [-0.05, 0) is 20.8 Å². The molecule has 2 aromatic heterocycles. The van der Waals surface area contributed by atoms with E-state index in [4.69, 9.17) is 4.74 Å². The maximum atomic E-state index is 5.65. The summed E-state index contributed by atoms with van der Waals surface area (Å²) in [4.78, 5) is 13.6. The summed E-state index contributed by atoms with van der Waals surface area (Å²) in [5.74, 6) is 1.20. The summed E-state index contributed by atoms with van der Waals surface area (Å²) in [5.41, 5.74) is 2.49. The van der Waals surface area contributed by atoms with Crippen LogP contribution in [-0.4, -0.2) is 26.1 Å². The number of ether oxygens (including phenoxy) is 1. The summed E-state index contributed by atoms with van der Waals surface area (Å²) in [6.07, 6.45) is 1.79. The van der Waals surface area contributed by atoms with Gasteiger partial charge in [-0.2, -0.15) is 4.98 Å². The van der Waals surface area contributed by atoms with Gasteiger partial charge in [-0.1, -0.05) is 30.3 Å². The molecule has 0 saturated heterocycles. The van der Waals surface area contributed by atoms with Gasteiger partial charge >= 0.3 is 0 Å². The monoisotopic (exact) mass is 282 g/mol. The van der Waals surface area contributed by atoms with Crippen molar-refractivity contribution in [1.82, 2.24) is 19.5 Å². The lowest BCUT2D eigenvalue weighted by atomic mass is 10.2. The molecule has 0 aliphatic carbocycles. The number of fused-ring (bicyclic) bond motifs is 1. The standard InChI is InChI=1S/C16H18N4O/c1-4-21-16-13-15(20(10-17-13)11(2)3)18-14(19-16)12-8-6-5-7-9-12/h5-11H,4H2,1-3H3. The van der Waals surface area contributed by atoms with Crippen LogP contribution >= 0.6 is 0 Å². The van der Waals surface area contributed by atoms with E-state index in [2.05, 4.69) is 28.8 Å². The maximum Gasteiger partial charge on any atom is 0.246 e. The number of hydrogen-bond donors (Lipinski definition) is 0. The molecule has 0 bridgehead atoms. The van der Waals surface area contributed by atoms with Crippen molar-refractivity contribution < 1.29 is 4.74 Å². The summed E-state index contributed by atoms with van der Waals surface area (Å²) in [7, 11) is 0. The van der Waals surface area contributed by atoms with Gasteiger partial charge in [-0.3, -0.25) is 0 Å². The largest absolute Gasteiger partial charge is 0.476 e. The summed E-state index contributed by atoms with van der Waals surface area (Å²) in [6, 6.07) is 10.2. The molecule has 0 aliphatic rings. The van der Waals surface area contributed by atoms with Crippen molar-refractivity contribution in [3.8, 4) is 17.3 Å². The number of imidazole rings is 1. The Hall–Kier alpha value is -2.43.